The molecule has 0 bridgehead atoms. The van der Waals surface area contributed by atoms with Gasteiger partial charge in [-0.2, -0.15) is 0 Å². The Morgan fingerprint density at radius 3 is 2.39 bits per heavy atom. The lowest BCUT2D eigenvalue weighted by Crippen LogP contribution is -2.45. The number of hydrogen-bond donors (Lipinski definition) is 0. The molecule has 3 aromatic rings. The molecule has 2 fully saturated rings. The van der Waals surface area contributed by atoms with Crippen LogP contribution in [0.15, 0.2) is 48.5 Å². The SMILES string of the molecule is Cc1nc(C(=O)C[C@@H](C)c2ccc(C3CN(c4ccc(OCC5CC5)cc4)C3)cc2)c(C)s1. The summed E-state index contributed by atoms with van der Waals surface area (Å²) in [7, 11) is 0. The fraction of sp³-hybridized carbons (Fsp3) is 0.429. The van der Waals surface area contributed by atoms with Gasteiger partial charge in [0.1, 0.15) is 11.4 Å². The zero-order valence-corrected chi connectivity index (χ0v) is 20.5. The number of aryl methyl sites for hydroxylation is 2. The molecule has 2 heterocycles. The van der Waals surface area contributed by atoms with Gasteiger partial charge in [0.2, 0.25) is 0 Å². The van der Waals surface area contributed by atoms with Crippen molar-refractivity contribution in [3.05, 3.63) is 75.2 Å². The van der Waals surface area contributed by atoms with E-state index in [2.05, 4.69) is 65.3 Å². The number of ketones is 1. The fourth-order valence-electron chi connectivity index (χ4n) is 4.53. The van der Waals surface area contributed by atoms with E-state index in [0.717, 1.165) is 41.2 Å². The highest BCUT2D eigenvalue weighted by Crippen LogP contribution is 2.34. The second-order valence-corrected chi connectivity index (χ2v) is 11.1. The minimum atomic E-state index is 0.145. The lowest BCUT2D eigenvalue weighted by Gasteiger charge is -2.41. The van der Waals surface area contributed by atoms with Gasteiger partial charge < -0.3 is 9.64 Å². The Kier molecular flexibility index (Phi) is 6.24. The number of carbonyl (C=O) groups is 1. The van der Waals surface area contributed by atoms with Crippen molar-refractivity contribution in [1.82, 2.24) is 4.98 Å². The van der Waals surface area contributed by atoms with Crippen molar-refractivity contribution in [2.24, 2.45) is 5.92 Å². The van der Waals surface area contributed by atoms with Gasteiger partial charge in [-0.25, -0.2) is 4.98 Å². The minimum Gasteiger partial charge on any atom is -0.493 e. The Morgan fingerprint density at radius 1 is 1.09 bits per heavy atom. The standard InChI is InChI=1S/C28H32N2O2S/c1-18(14-27(31)28-19(2)33-20(3)29-28)22-6-8-23(9-7-22)24-15-30(16-24)25-10-12-26(13-11-25)32-17-21-4-5-21/h6-13,18,21,24H,4-5,14-17H2,1-3H3/t18-/m1/s1. The largest absolute Gasteiger partial charge is 0.493 e. The highest BCUT2D eigenvalue weighted by atomic mass is 32.1. The van der Waals surface area contributed by atoms with Crippen LogP contribution in [0, 0.1) is 19.8 Å². The zero-order valence-electron chi connectivity index (χ0n) is 19.7. The average Bonchev–Trinajstić information content (AvgIpc) is 3.54. The van der Waals surface area contributed by atoms with E-state index in [1.165, 1.54) is 29.7 Å². The zero-order chi connectivity index (χ0) is 22.9. The number of thiazole rings is 1. The van der Waals surface area contributed by atoms with Gasteiger partial charge in [0.25, 0.3) is 0 Å². The molecule has 172 valence electrons. The third kappa shape index (κ3) is 5.14. The number of Topliss-reactive ketones (excluding diaryl/α,β-unsaturated/α-hetero) is 1. The molecule has 0 spiro atoms. The van der Waals surface area contributed by atoms with Gasteiger partial charge in [-0.1, -0.05) is 31.2 Å². The normalized spacial score (nSPS) is 17.0. The highest BCUT2D eigenvalue weighted by Gasteiger charge is 2.28. The van der Waals surface area contributed by atoms with E-state index in [-0.39, 0.29) is 11.7 Å². The smallest absolute Gasteiger partial charge is 0.182 e. The first-order valence-corrected chi connectivity index (χ1v) is 12.8. The van der Waals surface area contributed by atoms with Crippen LogP contribution in [0.4, 0.5) is 5.69 Å². The summed E-state index contributed by atoms with van der Waals surface area (Å²) in [5.74, 6) is 2.65. The summed E-state index contributed by atoms with van der Waals surface area (Å²) in [6, 6.07) is 17.4. The van der Waals surface area contributed by atoms with Gasteiger partial charge in [0.05, 0.1) is 11.6 Å². The van der Waals surface area contributed by atoms with Crippen LogP contribution in [0.5, 0.6) is 5.75 Å². The number of benzene rings is 2. The molecule has 4 nitrogen and oxygen atoms in total. The third-order valence-corrected chi connectivity index (χ3v) is 7.79. The molecule has 5 heteroatoms. The molecule has 0 amide bonds. The van der Waals surface area contributed by atoms with Crippen LogP contribution in [0.25, 0.3) is 0 Å². The van der Waals surface area contributed by atoms with Crippen molar-refractivity contribution in [3.63, 3.8) is 0 Å². The van der Waals surface area contributed by atoms with Gasteiger partial charge in [-0.3, -0.25) is 4.79 Å². The van der Waals surface area contributed by atoms with E-state index in [1.807, 2.05) is 13.8 Å². The van der Waals surface area contributed by atoms with Crippen LogP contribution in [-0.4, -0.2) is 30.5 Å². The number of anilines is 1. The van der Waals surface area contributed by atoms with Crippen LogP contribution < -0.4 is 9.64 Å². The van der Waals surface area contributed by atoms with Crippen molar-refractivity contribution >= 4 is 22.8 Å². The molecular weight excluding hydrogens is 428 g/mol. The number of hydrogen-bond acceptors (Lipinski definition) is 5. The molecular formula is C28H32N2O2S. The highest BCUT2D eigenvalue weighted by molar-refractivity contribution is 7.11. The first-order chi connectivity index (χ1) is 16.0. The van der Waals surface area contributed by atoms with Crippen LogP contribution in [0.1, 0.15) is 69.5 Å². The van der Waals surface area contributed by atoms with Gasteiger partial charge in [0, 0.05) is 36.0 Å². The summed E-state index contributed by atoms with van der Waals surface area (Å²) in [6.07, 6.45) is 3.13. The molecule has 1 aliphatic heterocycles. The molecule has 1 aliphatic carbocycles. The topological polar surface area (TPSA) is 42.4 Å². The van der Waals surface area contributed by atoms with E-state index in [4.69, 9.17) is 4.74 Å². The first-order valence-electron chi connectivity index (χ1n) is 12.0. The molecule has 0 unspecified atom stereocenters. The molecule has 1 saturated carbocycles. The molecule has 1 saturated heterocycles. The molecule has 5 rings (SSSR count). The van der Waals surface area contributed by atoms with Crippen molar-refractivity contribution in [2.45, 2.75) is 51.9 Å². The summed E-state index contributed by atoms with van der Waals surface area (Å²) in [5, 5.41) is 0.959. The maximum absolute atomic E-state index is 12.7. The fourth-order valence-corrected chi connectivity index (χ4v) is 5.37. The Morgan fingerprint density at radius 2 is 1.79 bits per heavy atom. The molecule has 0 radical (unpaired) electrons. The Labute approximate surface area is 200 Å². The molecule has 2 aromatic carbocycles. The summed E-state index contributed by atoms with van der Waals surface area (Å²) < 4.78 is 5.85. The van der Waals surface area contributed by atoms with Crippen LogP contribution >= 0.6 is 11.3 Å². The summed E-state index contributed by atoms with van der Waals surface area (Å²) in [5.41, 5.74) is 4.51. The number of nitrogens with zero attached hydrogens (tertiary/aromatic N) is 2. The Hall–Kier alpha value is -2.66. The van der Waals surface area contributed by atoms with E-state index in [0.29, 0.717) is 18.0 Å². The molecule has 1 aromatic heterocycles. The lowest BCUT2D eigenvalue weighted by molar-refractivity contribution is 0.0971. The van der Waals surface area contributed by atoms with E-state index < -0.39 is 0 Å². The number of carbonyl (C=O) groups excluding carboxylic acids is 1. The monoisotopic (exact) mass is 460 g/mol. The average molecular weight is 461 g/mol. The quantitative estimate of drug-likeness (QED) is 0.341. The summed E-state index contributed by atoms with van der Waals surface area (Å²) >= 11 is 1.60. The van der Waals surface area contributed by atoms with Gasteiger partial charge in [-0.15, -0.1) is 11.3 Å². The van der Waals surface area contributed by atoms with Crippen LogP contribution in [-0.2, 0) is 0 Å². The molecule has 1 atom stereocenters. The van der Waals surface area contributed by atoms with E-state index >= 15 is 0 Å². The second-order valence-electron chi connectivity index (χ2n) is 9.68. The predicted molar refractivity (Wildman–Crippen MR) is 135 cm³/mol. The second kappa shape index (κ2) is 9.30. The van der Waals surface area contributed by atoms with Gasteiger partial charge >= 0.3 is 0 Å². The molecule has 33 heavy (non-hydrogen) atoms. The van der Waals surface area contributed by atoms with Crippen molar-refractivity contribution in [3.8, 4) is 5.75 Å². The molecule has 0 N–H and O–H groups in total. The van der Waals surface area contributed by atoms with Gasteiger partial charge in [-0.05, 0) is 73.9 Å². The van der Waals surface area contributed by atoms with Crippen molar-refractivity contribution in [2.75, 3.05) is 24.6 Å². The first kappa shape index (κ1) is 22.1. The van der Waals surface area contributed by atoms with Gasteiger partial charge in [0.15, 0.2) is 5.78 Å². The number of ether oxygens (including phenoxy) is 1. The van der Waals surface area contributed by atoms with Crippen LogP contribution in [0.2, 0.25) is 0 Å². The number of rotatable bonds is 9. The van der Waals surface area contributed by atoms with Crippen LogP contribution in [0.3, 0.4) is 0 Å². The number of aromatic nitrogens is 1. The van der Waals surface area contributed by atoms with Crippen molar-refractivity contribution in [1.29, 1.82) is 0 Å². The lowest BCUT2D eigenvalue weighted by atomic mass is 9.88. The summed E-state index contributed by atoms with van der Waals surface area (Å²) in [6.45, 7) is 9.01. The van der Waals surface area contributed by atoms with E-state index in [9.17, 15) is 4.79 Å². The minimum absolute atomic E-state index is 0.145. The Balaban J connectivity index is 1.13. The Bertz CT molecular complexity index is 1110. The van der Waals surface area contributed by atoms with Crippen molar-refractivity contribution < 1.29 is 9.53 Å². The summed E-state index contributed by atoms with van der Waals surface area (Å²) in [4.78, 5) is 20.6. The predicted octanol–water partition coefficient (Wildman–Crippen LogP) is 6.53. The van der Waals surface area contributed by atoms with E-state index in [1.54, 1.807) is 11.3 Å². The molecule has 2 aliphatic rings. The third-order valence-electron chi connectivity index (χ3n) is 6.90. The maximum atomic E-state index is 12.7. The maximum Gasteiger partial charge on any atom is 0.182 e.